The molecule has 0 unspecified atom stereocenters. The Morgan fingerprint density at radius 3 is 2.27 bits per heavy atom. The van der Waals surface area contributed by atoms with Gasteiger partial charge >= 0.3 is 6.18 Å². The number of benzene rings is 1. The van der Waals surface area contributed by atoms with E-state index in [0.717, 1.165) is 34.0 Å². The molecule has 0 radical (unpaired) electrons. The molecular formula is C19H12F3N3S. The maximum atomic E-state index is 12.8. The van der Waals surface area contributed by atoms with Gasteiger partial charge in [-0.1, -0.05) is 6.07 Å². The monoisotopic (exact) mass is 371 g/mol. The van der Waals surface area contributed by atoms with Crippen molar-refractivity contribution in [2.45, 2.75) is 6.18 Å². The largest absolute Gasteiger partial charge is 0.416 e. The summed E-state index contributed by atoms with van der Waals surface area (Å²) < 4.78 is 40.1. The smallest absolute Gasteiger partial charge is 0.265 e. The highest BCUT2D eigenvalue weighted by atomic mass is 32.1. The minimum atomic E-state index is -4.36. The first-order chi connectivity index (χ1) is 12.5. The molecule has 26 heavy (non-hydrogen) atoms. The van der Waals surface area contributed by atoms with Crippen molar-refractivity contribution in [1.82, 2.24) is 14.8 Å². The van der Waals surface area contributed by atoms with Crippen LogP contribution in [-0.2, 0) is 6.18 Å². The quantitative estimate of drug-likeness (QED) is 0.464. The van der Waals surface area contributed by atoms with Crippen LogP contribution in [-0.4, -0.2) is 14.8 Å². The summed E-state index contributed by atoms with van der Waals surface area (Å²) in [6, 6.07) is 14.5. The van der Waals surface area contributed by atoms with Crippen LogP contribution in [0.25, 0.3) is 27.5 Å². The van der Waals surface area contributed by atoms with Gasteiger partial charge < -0.3 is 0 Å². The van der Waals surface area contributed by atoms with E-state index in [4.69, 9.17) is 0 Å². The van der Waals surface area contributed by atoms with Crippen LogP contribution in [0, 0.1) is 0 Å². The number of nitrogens with zero attached hydrogens (tertiary/aromatic N) is 3. The van der Waals surface area contributed by atoms with Crippen LogP contribution in [0.4, 0.5) is 13.2 Å². The summed E-state index contributed by atoms with van der Waals surface area (Å²) in [4.78, 5) is 4.99. The van der Waals surface area contributed by atoms with E-state index in [1.54, 1.807) is 28.4 Å². The Hall–Kier alpha value is -2.93. The molecule has 0 aliphatic carbocycles. The zero-order chi connectivity index (χ0) is 18.1. The summed E-state index contributed by atoms with van der Waals surface area (Å²) >= 11 is 1.55. The van der Waals surface area contributed by atoms with Gasteiger partial charge in [-0.25, -0.2) is 4.68 Å². The number of hydrogen-bond donors (Lipinski definition) is 0. The number of rotatable bonds is 3. The van der Waals surface area contributed by atoms with Crippen LogP contribution >= 0.6 is 11.3 Å². The van der Waals surface area contributed by atoms with Gasteiger partial charge in [0.25, 0.3) is 0 Å². The van der Waals surface area contributed by atoms with E-state index in [2.05, 4.69) is 10.1 Å². The molecule has 0 aliphatic rings. The lowest BCUT2D eigenvalue weighted by atomic mass is 10.2. The summed E-state index contributed by atoms with van der Waals surface area (Å²) in [5.74, 6) is 0. The third-order valence-corrected chi connectivity index (χ3v) is 4.79. The number of alkyl halides is 3. The molecule has 0 amide bonds. The fourth-order valence-corrected chi connectivity index (χ4v) is 3.36. The normalized spacial score (nSPS) is 11.7. The third kappa shape index (κ3) is 3.13. The molecule has 1 aromatic carbocycles. The second kappa shape index (κ2) is 6.42. The summed E-state index contributed by atoms with van der Waals surface area (Å²) in [6.45, 7) is 0. The van der Waals surface area contributed by atoms with Gasteiger partial charge in [-0.05, 0) is 53.9 Å². The van der Waals surface area contributed by atoms with Gasteiger partial charge in [-0.15, -0.1) is 11.3 Å². The molecule has 0 saturated heterocycles. The highest BCUT2D eigenvalue weighted by molar-refractivity contribution is 7.13. The third-order valence-electron chi connectivity index (χ3n) is 3.90. The molecular weight excluding hydrogens is 359 g/mol. The van der Waals surface area contributed by atoms with Gasteiger partial charge in [-0.3, -0.25) is 4.98 Å². The topological polar surface area (TPSA) is 30.7 Å². The molecule has 3 heterocycles. The van der Waals surface area contributed by atoms with E-state index in [0.29, 0.717) is 5.69 Å². The number of hydrogen-bond acceptors (Lipinski definition) is 3. The number of aromatic nitrogens is 3. The molecule has 0 saturated carbocycles. The Labute approximate surface area is 151 Å². The first kappa shape index (κ1) is 16.5. The second-order valence-corrected chi connectivity index (χ2v) is 6.53. The van der Waals surface area contributed by atoms with E-state index < -0.39 is 11.7 Å². The van der Waals surface area contributed by atoms with Crippen LogP contribution in [0.15, 0.2) is 72.4 Å². The molecule has 0 aliphatic heterocycles. The molecule has 0 fully saturated rings. The number of halogens is 3. The maximum absolute atomic E-state index is 12.8. The van der Waals surface area contributed by atoms with Crippen molar-refractivity contribution in [1.29, 1.82) is 0 Å². The zero-order valence-corrected chi connectivity index (χ0v) is 14.1. The van der Waals surface area contributed by atoms with Crippen molar-refractivity contribution < 1.29 is 13.2 Å². The Kier molecular flexibility index (Phi) is 4.08. The summed E-state index contributed by atoms with van der Waals surface area (Å²) in [7, 11) is 0. The fourth-order valence-electron chi connectivity index (χ4n) is 2.63. The van der Waals surface area contributed by atoms with Gasteiger partial charge in [0.05, 0.1) is 27.5 Å². The van der Waals surface area contributed by atoms with Gasteiger partial charge in [0.15, 0.2) is 0 Å². The predicted molar refractivity (Wildman–Crippen MR) is 95.1 cm³/mol. The zero-order valence-electron chi connectivity index (χ0n) is 13.3. The van der Waals surface area contributed by atoms with Crippen LogP contribution in [0.3, 0.4) is 0 Å². The van der Waals surface area contributed by atoms with E-state index >= 15 is 0 Å². The molecule has 3 nitrogen and oxygen atoms in total. The van der Waals surface area contributed by atoms with E-state index in [1.165, 1.54) is 12.1 Å². The second-order valence-electron chi connectivity index (χ2n) is 5.58. The van der Waals surface area contributed by atoms with Crippen molar-refractivity contribution in [3.8, 4) is 27.5 Å². The van der Waals surface area contributed by atoms with Gasteiger partial charge in [0, 0.05) is 18.0 Å². The average molecular weight is 371 g/mol. The number of pyridine rings is 1. The van der Waals surface area contributed by atoms with Gasteiger partial charge in [0.1, 0.15) is 0 Å². The Balaban J connectivity index is 1.83. The Bertz CT molecular complexity index is 1000. The fraction of sp³-hybridized carbons (Fsp3) is 0.0526. The molecule has 0 spiro atoms. The highest BCUT2D eigenvalue weighted by Gasteiger charge is 2.30. The van der Waals surface area contributed by atoms with Crippen LogP contribution in [0.2, 0.25) is 0 Å². The minimum absolute atomic E-state index is 0.571. The van der Waals surface area contributed by atoms with Crippen molar-refractivity contribution in [3.05, 3.63) is 77.9 Å². The molecule has 7 heteroatoms. The van der Waals surface area contributed by atoms with Crippen molar-refractivity contribution in [2.75, 3.05) is 0 Å². The molecule has 0 atom stereocenters. The molecule has 4 rings (SSSR count). The maximum Gasteiger partial charge on any atom is 0.416 e. The molecule has 0 N–H and O–H groups in total. The first-order valence-corrected chi connectivity index (χ1v) is 8.62. The van der Waals surface area contributed by atoms with Gasteiger partial charge in [0.2, 0.25) is 0 Å². The molecule has 130 valence electrons. The average Bonchev–Trinajstić information content (AvgIpc) is 3.31. The van der Waals surface area contributed by atoms with Crippen LogP contribution < -0.4 is 0 Å². The lowest BCUT2D eigenvalue weighted by Crippen LogP contribution is -2.05. The van der Waals surface area contributed by atoms with Crippen LogP contribution in [0.1, 0.15) is 5.56 Å². The van der Waals surface area contributed by atoms with Crippen LogP contribution in [0.5, 0.6) is 0 Å². The molecule has 4 aromatic rings. The lowest BCUT2D eigenvalue weighted by Gasteiger charge is -2.09. The lowest BCUT2D eigenvalue weighted by molar-refractivity contribution is -0.137. The van der Waals surface area contributed by atoms with Crippen molar-refractivity contribution in [2.24, 2.45) is 0 Å². The minimum Gasteiger partial charge on any atom is -0.265 e. The summed E-state index contributed by atoms with van der Waals surface area (Å²) in [6.07, 6.45) is -1.00. The predicted octanol–water partition coefficient (Wildman–Crippen LogP) is 5.68. The van der Waals surface area contributed by atoms with E-state index in [-0.39, 0.29) is 0 Å². The Morgan fingerprint density at radius 2 is 1.65 bits per heavy atom. The molecule has 0 bridgehead atoms. The van der Waals surface area contributed by atoms with E-state index in [1.807, 2.05) is 35.7 Å². The first-order valence-electron chi connectivity index (χ1n) is 7.74. The Morgan fingerprint density at radius 1 is 0.923 bits per heavy atom. The van der Waals surface area contributed by atoms with E-state index in [9.17, 15) is 13.2 Å². The highest BCUT2D eigenvalue weighted by Crippen LogP contribution is 2.33. The summed E-state index contributed by atoms with van der Waals surface area (Å²) in [5.41, 5.74) is 2.34. The summed E-state index contributed by atoms with van der Waals surface area (Å²) in [5, 5.41) is 6.56. The van der Waals surface area contributed by atoms with Crippen molar-refractivity contribution >= 4 is 11.3 Å². The van der Waals surface area contributed by atoms with Gasteiger partial charge in [-0.2, -0.15) is 18.3 Å². The molecule has 3 aromatic heterocycles. The standard InChI is InChI=1S/C19H12F3N3S/c20-19(21,22)14-3-5-15(6-4-14)25-17(18-2-1-11-26-18)12-16(24-25)13-7-9-23-10-8-13/h1-12H. The number of thiophene rings is 1. The van der Waals surface area contributed by atoms with Crippen molar-refractivity contribution in [3.63, 3.8) is 0 Å². The SMILES string of the molecule is FC(F)(F)c1ccc(-n2nc(-c3ccncc3)cc2-c2cccs2)cc1.